The smallest absolute Gasteiger partial charge is 0.312 e. The van der Waals surface area contributed by atoms with Gasteiger partial charge >= 0.3 is 5.97 Å². The molecule has 2 bridgehead atoms. The molecule has 3 aliphatic heterocycles. The molecule has 230 valence electrons. The van der Waals surface area contributed by atoms with Gasteiger partial charge in [0.1, 0.15) is 17.6 Å². The average Bonchev–Trinajstić information content (AvgIpc) is 3.60. The summed E-state index contributed by atoms with van der Waals surface area (Å²) in [5.41, 5.74) is -1.34. The summed E-state index contributed by atoms with van der Waals surface area (Å²) in [5, 5.41) is 10.7. The Morgan fingerprint density at radius 1 is 1.19 bits per heavy atom. The van der Waals surface area contributed by atoms with E-state index in [4.69, 9.17) is 9.47 Å². The predicted octanol–water partition coefficient (Wildman–Crippen LogP) is 4.98. The Bertz CT molecular complexity index is 1140. The van der Waals surface area contributed by atoms with Crippen LogP contribution in [0, 0.1) is 11.8 Å². The molecule has 0 radical (unpaired) electrons. The third-order valence-electron chi connectivity index (χ3n) is 9.69. The van der Waals surface area contributed by atoms with E-state index in [1.807, 2.05) is 50.3 Å². The van der Waals surface area contributed by atoms with Gasteiger partial charge in [0.15, 0.2) is 0 Å². The fraction of sp³-hybridized carbons (Fsp3) is 0.618. The highest BCUT2D eigenvalue weighted by Crippen LogP contribution is 2.65. The normalized spacial score (nSPS) is 29.2. The Hall–Kier alpha value is -2.97. The van der Waals surface area contributed by atoms with Crippen LogP contribution >= 0.6 is 0 Å². The fourth-order valence-corrected chi connectivity index (χ4v) is 7.67. The fourth-order valence-electron chi connectivity index (χ4n) is 7.67. The number of allylic oxidation sites excluding steroid dienone is 1. The first-order valence-corrected chi connectivity index (χ1v) is 15.6. The molecule has 3 fully saturated rings. The quantitative estimate of drug-likeness (QED) is 0.168. The van der Waals surface area contributed by atoms with E-state index in [-0.39, 0.29) is 31.1 Å². The van der Waals surface area contributed by atoms with Gasteiger partial charge < -0.3 is 24.4 Å². The predicted molar refractivity (Wildman–Crippen MR) is 161 cm³/mol. The maximum absolute atomic E-state index is 14.7. The Morgan fingerprint density at radius 3 is 2.55 bits per heavy atom. The number of likely N-dealkylation sites (tertiary alicyclic amines) is 1. The monoisotopic (exact) mass is 580 g/mol. The van der Waals surface area contributed by atoms with Crippen molar-refractivity contribution < 1.29 is 29.0 Å². The Kier molecular flexibility index (Phi) is 10.3. The Labute approximate surface area is 250 Å². The topological polar surface area (TPSA) is 96.4 Å². The van der Waals surface area contributed by atoms with Crippen LogP contribution in [0.2, 0.25) is 0 Å². The van der Waals surface area contributed by atoms with Gasteiger partial charge in [-0.1, -0.05) is 62.8 Å². The van der Waals surface area contributed by atoms with Crippen molar-refractivity contribution in [3.05, 3.63) is 61.2 Å². The summed E-state index contributed by atoms with van der Waals surface area (Å²) in [6.45, 7) is 13.9. The van der Waals surface area contributed by atoms with Crippen LogP contribution in [0.1, 0.15) is 83.7 Å². The van der Waals surface area contributed by atoms with E-state index in [9.17, 15) is 19.5 Å². The van der Waals surface area contributed by atoms with Crippen LogP contribution in [0.3, 0.4) is 0 Å². The number of carbonyl (C=O) groups excluding carboxylic acids is 3. The van der Waals surface area contributed by atoms with Crippen LogP contribution in [0.4, 0.5) is 0 Å². The molecule has 2 amide bonds. The van der Waals surface area contributed by atoms with Crippen LogP contribution < -0.4 is 0 Å². The van der Waals surface area contributed by atoms with Crippen molar-refractivity contribution in [2.75, 3.05) is 19.8 Å². The molecule has 0 aliphatic carbocycles. The van der Waals surface area contributed by atoms with E-state index in [1.54, 1.807) is 11.0 Å². The molecule has 3 aliphatic rings. The van der Waals surface area contributed by atoms with E-state index < -0.39 is 41.1 Å². The third-order valence-corrected chi connectivity index (χ3v) is 9.69. The van der Waals surface area contributed by atoms with Gasteiger partial charge in [0.2, 0.25) is 11.8 Å². The van der Waals surface area contributed by atoms with Crippen molar-refractivity contribution >= 4 is 17.8 Å². The van der Waals surface area contributed by atoms with Gasteiger partial charge in [0, 0.05) is 12.6 Å². The lowest BCUT2D eigenvalue weighted by molar-refractivity contribution is -0.164. The van der Waals surface area contributed by atoms with E-state index >= 15 is 0 Å². The van der Waals surface area contributed by atoms with Gasteiger partial charge in [-0.25, -0.2) is 0 Å². The van der Waals surface area contributed by atoms with Crippen LogP contribution in [0.25, 0.3) is 0 Å². The number of carbonyl (C=O) groups is 3. The molecular formula is C34H48N2O6. The summed E-state index contributed by atoms with van der Waals surface area (Å²) in [6.07, 6.45) is 9.19. The van der Waals surface area contributed by atoms with Crippen molar-refractivity contribution in [2.45, 2.75) is 101 Å². The van der Waals surface area contributed by atoms with Crippen LogP contribution in [0.15, 0.2) is 55.6 Å². The molecule has 1 N–H and O–H groups in total. The highest BCUT2D eigenvalue weighted by Gasteiger charge is 2.79. The number of hydrogen-bond acceptors (Lipinski definition) is 6. The summed E-state index contributed by atoms with van der Waals surface area (Å²) in [5.74, 6) is -2.69. The van der Waals surface area contributed by atoms with E-state index in [0.29, 0.717) is 32.2 Å². The van der Waals surface area contributed by atoms with Gasteiger partial charge in [-0.05, 0) is 57.4 Å². The number of ether oxygens (including phenoxy) is 2. The van der Waals surface area contributed by atoms with E-state index in [0.717, 1.165) is 31.2 Å². The van der Waals surface area contributed by atoms with Gasteiger partial charge in [-0.15, -0.1) is 13.2 Å². The summed E-state index contributed by atoms with van der Waals surface area (Å²) < 4.78 is 12.7. The molecular weight excluding hydrogens is 532 g/mol. The summed E-state index contributed by atoms with van der Waals surface area (Å²) in [7, 11) is 0. The van der Waals surface area contributed by atoms with Gasteiger partial charge in [0.25, 0.3) is 0 Å². The van der Waals surface area contributed by atoms with Crippen LogP contribution in [-0.4, -0.2) is 75.7 Å². The van der Waals surface area contributed by atoms with Gasteiger partial charge in [-0.3, -0.25) is 14.4 Å². The molecule has 8 heteroatoms. The first-order valence-electron chi connectivity index (χ1n) is 15.6. The standard InChI is InChI=1S/C34H48N2O6/c1-6-10-11-15-22-41-32(40)28-27-30(38)36(26(23-37)25-17-13-12-14-18-25)29(34(27)20-19-33(28,9-4)42-34)31(39)35(21-8-3)24(5)16-7-2/h6,8,12-14,17-18,24,26-29,37H,1,3,7,9-11,15-16,19-23H2,2,4-5H3/t24?,26-,27+,28+,29?,33-,34?/m1/s1. The third kappa shape index (κ3) is 5.44. The van der Waals surface area contributed by atoms with E-state index in [2.05, 4.69) is 20.1 Å². The van der Waals surface area contributed by atoms with Gasteiger partial charge in [0.05, 0.1) is 30.8 Å². The molecule has 1 spiro atoms. The number of aliphatic hydroxyl groups is 1. The second kappa shape index (κ2) is 13.6. The average molecular weight is 581 g/mol. The molecule has 0 saturated carbocycles. The highest BCUT2D eigenvalue weighted by molar-refractivity contribution is 5.99. The minimum Gasteiger partial charge on any atom is -0.465 e. The van der Waals surface area contributed by atoms with Crippen molar-refractivity contribution in [1.29, 1.82) is 0 Å². The van der Waals surface area contributed by atoms with Crippen LogP contribution in [0.5, 0.6) is 0 Å². The molecule has 3 unspecified atom stereocenters. The number of nitrogens with zero attached hydrogens (tertiary/aromatic N) is 2. The zero-order valence-corrected chi connectivity index (χ0v) is 25.5. The number of benzene rings is 1. The number of aliphatic hydroxyl groups excluding tert-OH is 1. The first kappa shape index (κ1) is 32.0. The van der Waals surface area contributed by atoms with Crippen molar-refractivity contribution in [2.24, 2.45) is 11.8 Å². The molecule has 4 rings (SSSR count). The lowest BCUT2D eigenvalue weighted by atomic mass is 9.65. The zero-order chi connectivity index (χ0) is 30.5. The zero-order valence-electron chi connectivity index (χ0n) is 25.5. The summed E-state index contributed by atoms with van der Waals surface area (Å²) >= 11 is 0. The molecule has 3 saturated heterocycles. The SMILES string of the molecule is C=CCCCCOC(=O)[C@@H]1[C@H]2C(=O)N([C@H](CO)c3ccccc3)C(C(=O)N(CC=C)C(C)CCC)C23CC[C@@]1(CC)O3. The molecule has 3 heterocycles. The molecule has 1 aromatic rings. The Morgan fingerprint density at radius 2 is 1.93 bits per heavy atom. The van der Waals surface area contributed by atoms with Crippen molar-refractivity contribution in [3.63, 3.8) is 0 Å². The lowest BCUT2D eigenvalue weighted by Crippen LogP contribution is -2.58. The molecule has 7 atom stereocenters. The minimum atomic E-state index is -1.19. The Balaban J connectivity index is 1.80. The number of amides is 2. The summed E-state index contributed by atoms with van der Waals surface area (Å²) in [6, 6.07) is 7.42. The largest absolute Gasteiger partial charge is 0.465 e. The van der Waals surface area contributed by atoms with Crippen LogP contribution in [-0.2, 0) is 23.9 Å². The first-order chi connectivity index (χ1) is 20.3. The van der Waals surface area contributed by atoms with Gasteiger partial charge in [-0.2, -0.15) is 0 Å². The molecule has 8 nitrogen and oxygen atoms in total. The number of rotatable bonds is 16. The second-order valence-corrected chi connectivity index (χ2v) is 12.1. The minimum absolute atomic E-state index is 0.0905. The summed E-state index contributed by atoms with van der Waals surface area (Å²) in [4.78, 5) is 46.5. The highest BCUT2D eigenvalue weighted by atomic mass is 16.6. The molecule has 1 aromatic carbocycles. The van der Waals surface area contributed by atoms with Crippen molar-refractivity contribution in [1.82, 2.24) is 9.80 Å². The maximum Gasteiger partial charge on any atom is 0.312 e. The number of hydrogen-bond donors (Lipinski definition) is 1. The number of unbranched alkanes of at least 4 members (excludes halogenated alkanes) is 2. The lowest BCUT2D eigenvalue weighted by Gasteiger charge is -2.41. The number of fused-ring (bicyclic) bond motifs is 1. The molecule has 42 heavy (non-hydrogen) atoms. The number of esters is 1. The molecule has 0 aromatic heterocycles. The maximum atomic E-state index is 14.7. The van der Waals surface area contributed by atoms with E-state index in [1.165, 1.54) is 4.90 Å². The second-order valence-electron chi connectivity index (χ2n) is 12.1. The van der Waals surface area contributed by atoms with Crippen molar-refractivity contribution in [3.8, 4) is 0 Å².